The molecule has 0 spiro atoms. The third kappa shape index (κ3) is 4.41. The Bertz CT molecular complexity index is 736. The van der Waals surface area contributed by atoms with Crippen LogP contribution in [0, 0.1) is 6.92 Å². The summed E-state index contributed by atoms with van der Waals surface area (Å²) in [6, 6.07) is 14.4. The summed E-state index contributed by atoms with van der Waals surface area (Å²) in [4.78, 5) is 12.5. The Morgan fingerprint density at radius 1 is 1.00 bits per heavy atom. The molecule has 2 aromatic rings. The third-order valence-electron chi connectivity index (χ3n) is 4.94. The standard InChI is InChI=1S/C22H27NO2/c1-15-8-10-18(11-9-15)16(2)23-22(24)17(3)25-21-13-12-19-6-4-5-7-20(19)14-21/h8-14,16-17H,4-7H2,1-3H3,(H,23,24)/t16-,17-/m0/s1. The molecule has 0 heterocycles. The maximum atomic E-state index is 12.5. The Hall–Kier alpha value is -2.29. The molecule has 0 aromatic heterocycles. The molecule has 132 valence electrons. The van der Waals surface area contributed by atoms with E-state index in [1.54, 1.807) is 6.92 Å². The van der Waals surface area contributed by atoms with Crippen LogP contribution in [0.4, 0.5) is 0 Å². The Balaban J connectivity index is 1.59. The zero-order valence-electron chi connectivity index (χ0n) is 15.3. The molecular weight excluding hydrogens is 310 g/mol. The minimum absolute atomic E-state index is 0.0392. The molecule has 2 aromatic carbocycles. The van der Waals surface area contributed by atoms with E-state index in [-0.39, 0.29) is 11.9 Å². The van der Waals surface area contributed by atoms with Gasteiger partial charge in [-0.1, -0.05) is 35.9 Å². The van der Waals surface area contributed by atoms with Crippen LogP contribution in [0.1, 0.15) is 55.0 Å². The maximum Gasteiger partial charge on any atom is 0.261 e. The topological polar surface area (TPSA) is 38.3 Å². The molecule has 0 unspecified atom stereocenters. The first-order valence-electron chi connectivity index (χ1n) is 9.18. The van der Waals surface area contributed by atoms with Gasteiger partial charge in [-0.3, -0.25) is 4.79 Å². The number of aryl methyl sites for hydroxylation is 3. The van der Waals surface area contributed by atoms with Gasteiger partial charge >= 0.3 is 0 Å². The first kappa shape index (κ1) is 17.5. The van der Waals surface area contributed by atoms with E-state index in [4.69, 9.17) is 4.74 Å². The minimum Gasteiger partial charge on any atom is -0.481 e. The molecular formula is C22H27NO2. The van der Waals surface area contributed by atoms with Crippen molar-refractivity contribution in [1.82, 2.24) is 5.32 Å². The summed E-state index contributed by atoms with van der Waals surface area (Å²) in [6.45, 7) is 5.85. The predicted molar refractivity (Wildman–Crippen MR) is 101 cm³/mol. The number of amides is 1. The van der Waals surface area contributed by atoms with E-state index in [1.165, 1.54) is 29.5 Å². The van der Waals surface area contributed by atoms with Gasteiger partial charge in [0.15, 0.2) is 6.10 Å². The SMILES string of the molecule is Cc1ccc([C@H](C)NC(=O)[C@H](C)Oc2ccc3c(c2)CCCC3)cc1. The fourth-order valence-corrected chi connectivity index (χ4v) is 3.31. The van der Waals surface area contributed by atoms with Crippen LogP contribution in [-0.4, -0.2) is 12.0 Å². The third-order valence-corrected chi connectivity index (χ3v) is 4.94. The monoisotopic (exact) mass is 337 g/mol. The highest BCUT2D eigenvalue weighted by atomic mass is 16.5. The van der Waals surface area contributed by atoms with Gasteiger partial charge < -0.3 is 10.1 Å². The molecule has 3 rings (SSSR count). The van der Waals surface area contributed by atoms with Gasteiger partial charge in [0.05, 0.1) is 6.04 Å². The molecule has 0 fully saturated rings. The number of carbonyl (C=O) groups is 1. The van der Waals surface area contributed by atoms with Crippen molar-refractivity contribution in [2.45, 2.75) is 58.6 Å². The number of nitrogens with one attached hydrogen (secondary N) is 1. The van der Waals surface area contributed by atoms with Crippen LogP contribution in [0.3, 0.4) is 0 Å². The van der Waals surface area contributed by atoms with Gasteiger partial charge in [-0.2, -0.15) is 0 Å². The van der Waals surface area contributed by atoms with E-state index in [9.17, 15) is 4.79 Å². The summed E-state index contributed by atoms with van der Waals surface area (Å²) in [5, 5.41) is 3.03. The molecule has 25 heavy (non-hydrogen) atoms. The zero-order chi connectivity index (χ0) is 17.8. The lowest BCUT2D eigenvalue weighted by Gasteiger charge is -2.21. The van der Waals surface area contributed by atoms with Crippen LogP contribution in [0.25, 0.3) is 0 Å². The normalized spacial score (nSPS) is 15.8. The quantitative estimate of drug-likeness (QED) is 0.871. The van der Waals surface area contributed by atoms with E-state index in [0.717, 1.165) is 24.2 Å². The summed E-state index contributed by atoms with van der Waals surface area (Å²) >= 11 is 0. The number of carbonyl (C=O) groups excluding carboxylic acids is 1. The summed E-state index contributed by atoms with van der Waals surface area (Å²) in [7, 11) is 0. The van der Waals surface area contributed by atoms with Gasteiger partial charge in [-0.05, 0) is 75.3 Å². The number of benzene rings is 2. The van der Waals surface area contributed by atoms with Gasteiger partial charge in [0.2, 0.25) is 0 Å². The van der Waals surface area contributed by atoms with Crippen molar-refractivity contribution < 1.29 is 9.53 Å². The summed E-state index contributed by atoms with van der Waals surface area (Å²) < 4.78 is 5.89. The molecule has 3 nitrogen and oxygen atoms in total. The van der Waals surface area contributed by atoms with E-state index in [0.29, 0.717) is 0 Å². The predicted octanol–water partition coefficient (Wildman–Crippen LogP) is 4.52. The highest BCUT2D eigenvalue weighted by Gasteiger charge is 2.18. The van der Waals surface area contributed by atoms with Gasteiger partial charge in [0, 0.05) is 0 Å². The smallest absolute Gasteiger partial charge is 0.261 e. The van der Waals surface area contributed by atoms with E-state index < -0.39 is 6.10 Å². The lowest BCUT2D eigenvalue weighted by atomic mass is 9.92. The van der Waals surface area contributed by atoms with Crippen molar-refractivity contribution in [3.63, 3.8) is 0 Å². The molecule has 1 aliphatic carbocycles. The second-order valence-corrected chi connectivity index (χ2v) is 7.04. The van der Waals surface area contributed by atoms with Crippen LogP contribution in [0.2, 0.25) is 0 Å². The lowest BCUT2D eigenvalue weighted by Crippen LogP contribution is -2.37. The van der Waals surface area contributed by atoms with Crippen LogP contribution >= 0.6 is 0 Å². The molecule has 1 amide bonds. The highest BCUT2D eigenvalue weighted by molar-refractivity contribution is 5.81. The van der Waals surface area contributed by atoms with Gasteiger partial charge in [0.1, 0.15) is 5.75 Å². The molecule has 0 aliphatic heterocycles. The fourth-order valence-electron chi connectivity index (χ4n) is 3.31. The maximum absolute atomic E-state index is 12.5. The van der Waals surface area contributed by atoms with E-state index >= 15 is 0 Å². The highest BCUT2D eigenvalue weighted by Crippen LogP contribution is 2.26. The first-order chi connectivity index (χ1) is 12.0. The fraction of sp³-hybridized carbons (Fsp3) is 0.409. The Morgan fingerprint density at radius 3 is 2.40 bits per heavy atom. The number of ether oxygens (including phenoxy) is 1. The van der Waals surface area contributed by atoms with Crippen molar-refractivity contribution in [3.05, 3.63) is 64.7 Å². The van der Waals surface area contributed by atoms with Crippen molar-refractivity contribution in [1.29, 1.82) is 0 Å². The van der Waals surface area contributed by atoms with E-state index in [2.05, 4.69) is 48.6 Å². The second kappa shape index (κ2) is 7.73. The molecule has 0 radical (unpaired) electrons. The first-order valence-corrected chi connectivity index (χ1v) is 9.18. The minimum atomic E-state index is -0.519. The zero-order valence-corrected chi connectivity index (χ0v) is 15.3. The van der Waals surface area contributed by atoms with Crippen LogP contribution in [0.15, 0.2) is 42.5 Å². The van der Waals surface area contributed by atoms with E-state index in [1.807, 2.05) is 13.0 Å². The molecule has 3 heteroatoms. The Kier molecular flexibility index (Phi) is 5.42. The molecule has 0 bridgehead atoms. The number of fused-ring (bicyclic) bond motifs is 1. The average molecular weight is 337 g/mol. The van der Waals surface area contributed by atoms with Gasteiger partial charge in [0.25, 0.3) is 5.91 Å². The molecule has 2 atom stereocenters. The largest absolute Gasteiger partial charge is 0.481 e. The molecule has 0 saturated heterocycles. The number of rotatable bonds is 5. The Morgan fingerprint density at radius 2 is 1.68 bits per heavy atom. The van der Waals surface area contributed by atoms with Crippen LogP contribution in [-0.2, 0) is 17.6 Å². The average Bonchev–Trinajstić information content (AvgIpc) is 2.62. The lowest BCUT2D eigenvalue weighted by molar-refractivity contribution is -0.127. The van der Waals surface area contributed by atoms with Crippen LogP contribution in [0.5, 0.6) is 5.75 Å². The van der Waals surface area contributed by atoms with Crippen molar-refractivity contribution in [2.75, 3.05) is 0 Å². The second-order valence-electron chi connectivity index (χ2n) is 7.04. The van der Waals surface area contributed by atoms with Gasteiger partial charge in [-0.25, -0.2) is 0 Å². The molecule has 1 N–H and O–H groups in total. The van der Waals surface area contributed by atoms with Crippen LogP contribution < -0.4 is 10.1 Å². The van der Waals surface area contributed by atoms with Crippen molar-refractivity contribution in [3.8, 4) is 5.75 Å². The van der Waals surface area contributed by atoms with Crippen molar-refractivity contribution in [2.24, 2.45) is 0 Å². The summed E-state index contributed by atoms with van der Waals surface area (Å²) in [6.07, 6.45) is 4.25. The summed E-state index contributed by atoms with van der Waals surface area (Å²) in [5.74, 6) is 0.692. The number of hydrogen-bond donors (Lipinski definition) is 1. The van der Waals surface area contributed by atoms with Crippen molar-refractivity contribution >= 4 is 5.91 Å². The van der Waals surface area contributed by atoms with Gasteiger partial charge in [-0.15, -0.1) is 0 Å². The molecule has 1 aliphatic rings. The number of hydrogen-bond acceptors (Lipinski definition) is 2. The summed E-state index contributed by atoms with van der Waals surface area (Å²) in [5.41, 5.74) is 5.10. The molecule has 0 saturated carbocycles. The Labute approximate surface area is 150 Å².